The number of fused-ring (bicyclic) bond motifs is 1. The molecule has 3 aromatic rings. The molecule has 0 aliphatic carbocycles. The predicted octanol–water partition coefficient (Wildman–Crippen LogP) is 2.79. The molecule has 3 aromatic heterocycles. The molecule has 0 saturated carbocycles. The molecule has 0 atom stereocenters. The average molecular weight is 406 g/mol. The fraction of sp³-hybridized carbons (Fsp3) is 0.421. The number of carbonyl (C=O) groups excluding carboxylic acids is 1. The summed E-state index contributed by atoms with van der Waals surface area (Å²) >= 11 is 2.91. The second kappa shape index (κ2) is 8.67. The standard InChI is InChI=1S/C19H23N3O3S2/c1-3-4-9-20(2)16(23)13-22-15-8-12-27-17(15)18(24)21(19(22)25)10-7-14-6-5-11-26-14/h5-6,8,11-12H,3-4,7,9-10,13H2,1-2H3. The van der Waals surface area contributed by atoms with Crippen molar-refractivity contribution >= 4 is 38.8 Å². The fourth-order valence-corrected chi connectivity index (χ4v) is 4.48. The number of nitrogens with zero attached hydrogens (tertiary/aromatic N) is 3. The molecule has 0 aromatic carbocycles. The summed E-state index contributed by atoms with van der Waals surface area (Å²) in [6, 6.07) is 5.68. The molecule has 0 aliphatic rings. The summed E-state index contributed by atoms with van der Waals surface area (Å²) in [7, 11) is 1.75. The Morgan fingerprint density at radius 3 is 2.67 bits per heavy atom. The van der Waals surface area contributed by atoms with Crippen molar-refractivity contribution in [3.63, 3.8) is 0 Å². The minimum absolute atomic E-state index is 0.0500. The van der Waals surface area contributed by atoms with Crippen LogP contribution in [0.25, 0.3) is 10.2 Å². The first-order chi connectivity index (χ1) is 13.0. The van der Waals surface area contributed by atoms with E-state index in [1.807, 2.05) is 17.5 Å². The molecular formula is C19H23N3O3S2. The van der Waals surface area contributed by atoms with Crippen molar-refractivity contribution < 1.29 is 4.79 Å². The Balaban J connectivity index is 1.94. The maximum absolute atomic E-state index is 13.0. The monoisotopic (exact) mass is 405 g/mol. The highest BCUT2D eigenvalue weighted by Crippen LogP contribution is 2.16. The van der Waals surface area contributed by atoms with E-state index < -0.39 is 5.69 Å². The summed E-state index contributed by atoms with van der Waals surface area (Å²) in [6.07, 6.45) is 2.54. The second-order valence-electron chi connectivity index (χ2n) is 6.46. The number of hydrogen-bond acceptors (Lipinski definition) is 5. The van der Waals surface area contributed by atoms with Gasteiger partial charge in [-0.3, -0.25) is 18.7 Å². The smallest absolute Gasteiger partial charge is 0.332 e. The third-order valence-electron chi connectivity index (χ3n) is 4.56. The van der Waals surface area contributed by atoms with Gasteiger partial charge in [-0.1, -0.05) is 19.4 Å². The number of carbonyl (C=O) groups is 1. The molecule has 0 bridgehead atoms. The zero-order valence-corrected chi connectivity index (χ0v) is 17.1. The van der Waals surface area contributed by atoms with Crippen molar-refractivity contribution in [2.75, 3.05) is 13.6 Å². The van der Waals surface area contributed by atoms with E-state index in [1.54, 1.807) is 34.7 Å². The maximum Gasteiger partial charge on any atom is 0.332 e. The van der Waals surface area contributed by atoms with Crippen LogP contribution in [0, 0.1) is 0 Å². The van der Waals surface area contributed by atoms with Crippen LogP contribution in [0.1, 0.15) is 24.6 Å². The number of likely N-dealkylation sites (N-methyl/N-ethyl adjacent to an activating group) is 1. The van der Waals surface area contributed by atoms with Crippen molar-refractivity contribution in [2.24, 2.45) is 0 Å². The topological polar surface area (TPSA) is 64.3 Å². The maximum atomic E-state index is 13.0. The van der Waals surface area contributed by atoms with E-state index in [4.69, 9.17) is 0 Å². The second-order valence-corrected chi connectivity index (χ2v) is 8.41. The first-order valence-corrected chi connectivity index (χ1v) is 10.8. The van der Waals surface area contributed by atoms with Crippen molar-refractivity contribution in [1.82, 2.24) is 14.0 Å². The number of unbranched alkanes of at least 4 members (excludes halogenated alkanes) is 1. The molecule has 6 nitrogen and oxygen atoms in total. The quantitative estimate of drug-likeness (QED) is 0.579. The van der Waals surface area contributed by atoms with Gasteiger partial charge in [0.15, 0.2) is 0 Å². The van der Waals surface area contributed by atoms with Crippen LogP contribution < -0.4 is 11.2 Å². The molecule has 0 radical (unpaired) electrons. The van der Waals surface area contributed by atoms with E-state index in [1.165, 1.54) is 20.5 Å². The lowest BCUT2D eigenvalue weighted by Gasteiger charge is -2.18. The van der Waals surface area contributed by atoms with E-state index in [-0.39, 0.29) is 18.0 Å². The third-order valence-corrected chi connectivity index (χ3v) is 6.39. The highest BCUT2D eigenvalue weighted by Gasteiger charge is 2.18. The van der Waals surface area contributed by atoms with Gasteiger partial charge in [-0.05, 0) is 35.7 Å². The highest BCUT2D eigenvalue weighted by atomic mass is 32.1. The Labute approximate surface area is 165 Å². The summed E-state index contributed by atoms with van der Waals surface area (Å²) in [6.45, 7) is 2.99. The van der Waals surface area contributed by atoms with Crippen molar-refractivity contribution in [3.8, 4) is 0 Å². The Morgan fingerprint density at radius 2 is 1.96 bits per heavy atom. The lowest BCUT2D eigenvalue weighted by atomic mass is 10.3. The van der Waals surface area contributed by atoms with Gasteiger partial charge in [0.2, 0.25) is 5.91 Å². The van der Waals surface area contributed by atoms with Crippen LogP contribution in [0.4, 0.5) is 0 Å². The SMILES string of the molecule is CCCCN(C)C(=O)Cn1c(=O)n(CCc2cccs2)c(=O)c2sccc21. The van der Waals surface area contributed by atoms with Gasteiger partial charge in [0, 0.05) is 25.0 Å². The van der Waals surface area contributed by atoms with E-state index in [2.05, 4.69) is 6.92 Å². The zero-order chi connectivity index (χ0) is 19.4. The normalized spacial score (nSPS) is 11.2. The van der Waals surface area contributed by atoms with Gasteiger partial charge in [-0.15, -0.1) is 22.7 Å². The molecule has 3 heterocycles. The summed E-state index contributed by atoms with van der Waals surface area (Å²) in [5.74, 6) is -0.124. The Bertz CT molecular complexity index is 1030. The first kappa shape index (κ1) is 19.6. The van der Waals surface area contributed by atoms with Gasteiger partial charge < -0.3 is 4.90 Å². The number of aryl methyl sites for hydroxylation is 1. The Kier molecular flexibility index (Phi) is 6.28. The molecule has 0 saturated heterocycles. The van der Waals surface area contributed by atoms with Gasteiger partial charge in [-0.2, -0.15) is 0 Å². The van der Waals surface area contributed by atoms with Crippen LogP contribution in [-0.2, 0) is 24.3 Å². The number of aromatic nitrogens is 2. The van der Waals surface area contributed by atoms with Crippen LogP contribution in [0.5, 0.6) is 0 Å². The van der Waals surface area contributed by atoms with Gasteiger partial charge >= 0.3 is 5.69 Å². The minimum Gasteiger partial charge on any atom is -0.344 e. The minimum atomic E-state index is -0.417. The van der Waals surface area contributed by atoms with Crippen molar-refractivity contribution in [2.45, 2.75) is 39.3 Å². The first-order valence-electron chi connectivity index (χ1n) is 9.00. The zero-order valence-electron chi connectivity index (χ0n) is 15.5. The van der Waals surface area contributed by atoms with Crippen LogP contribution in [0.15, 0.2) is 38.5 Å². The molecule has 8 heteroatoms. The van der Waals surface area contributed by atoms with Crippen LogP contribution in [0.3, 0.4) is 0 Å². The van der Waals surface area contributed by atoms with E-state index >= 15 is 0 Å². The molecule has 0 fully saturated rings. The molecule has 1 amide bonds. The number of amides is 1. The predicted molar refractivity (Wildman–Crippen MR) is 111 cm³/mol. The summed E-state index contributed by atoms with van der Waals surface area (Å²) < 4.78 is 3.22. The molecule has 0 N–H and O–H groups in total. The van der Waals surface area contributed by atoms with Crippen molar-refractivity contribution in [3.05, 3.63) is 54.7 Å². The summed E-state index contributed by atoms with van der Waals surface area (Å²) in [5.41, 5.74) is -0.149. The molecule has 144 valence electrons. The molecule has 27 heavy (non-hydrogen) atoms. The van der Waals surface area contributed by atoms with Crippen LogP contribution in [0.2, 0.25) is 0 Å². The molecular weight excluding hydrogens is 382 g/mol. The van der Waals surface area contributed by atoms with Gasteiger partial charge in [-0.25, -0.2) is 4.79 Å². The van der Waals surface area contributed by atoms with E-state index in [0.717, 1.165) is 17.7 Å². The lowest BCUT2D eigenvalue weighted by Crippen LogP contribution is -2.43. The molecule has 0 aliphatic heterocycles. The van der Waals surface area contributed by atoms with Crippen molar-refractivity contribution in [1.29, 1.82) is 0 Å². The van der Waals surface area contributed by atoms with Crippen LogP contribution >= 0.6 is 22.7 Å². The van der Waals surface area contributed by atoms with Gasteiger partial charge in [0.1, 0.15) is 11.2 Å². The molecule has 3 rings (SSSR count). The van der Waals surface area contributed by atoms with E-state index in [0.29, 0.717) is 29.7 Å². The molecule has 0 unspecified atom stereocenters. The van der Waals surface area contributed by atoms with Gasteiger partial charge in [0.05, 0.1) is 5.52 Å². The summed E-state index contributed by atoms with van der Waals surface area (Å²) in [4.78, 5) is 41.1. The van der Waals surface area contributed by atoms with Gasteiger partial charge in [0.25, 0.3) is 5.56 Å². The fourth-order valence-electron chi connectivity index (χ4n) is 2.94. The van der Waals surface area contributed by atoms with Crippen LogP contribution in [-0.4, -0.2) is 33.5 Å². The number of rotatable bonds is 8. The highest BCUT2D eigenvalue weighted by molar-refractivity contribution is 7.17. The number of hydrogen-bond donors (Lipinski definition) is 0. The average Bonchev–Trinajstić information content (AvgIpc) is 3.34. The van der Waals surface area contributed by atoms with E-state index in [9.17, 15) is 14.4 Å². The third kappa shape index (κ3) is 4.22. The Morgan fingerprint density at radius 1 is 1.15 bits per heavy atom. The Hall–Kier alpha value is -2.19. The largest absolute Gasteiger partial charge is 0.344 e. The lowest BCUT2D eigenvalue weighted by molar-refractivity contribution is -0.130. The number of thiophene rings is 2. The molecule has 0 spiro atoms. The summed E-state index contributed by atoms with van der Waals surface area (Å²) in [5, 5.41) is 3.76.